The SMILES string of the molecule is COc1cccnc1Cc1nc2ccccc2s1. The number of nitrogens with zero attached hydrogens (tertiary/aromatic N) is 2. The Hall–Kier alpha value is -1.94. The van der Waals surface area contributed by atoms with Gasteiger partial charge in [-0.3, -0.25) is 4.98 Å². The minimum Gasteiger partial charge on any atom is -0.495 e. The minimum atomic E-state index is 0.712. The Morgan fingerprint density at radius 3 is 2.89 bits per heavy atom. The molecule has 0 aliphatic carbocycles. The third-order valence-corrected chi connectivity index (χ3v) is 3.76. The molecule has 0 unspecified atom stereocenters. The van der Waals surface area contributed by atoms with Gasteiger partial charge in [0.05, 0.1) is 28.0 Å². The Kier molecular flexibility index (Phi) is 2.94. The van der Waals surface area contributed by atoms with Crippen molar-refractivity contribution in [2.24, 2.45) is 0 Å². The number of pyridine rings is 1. The van der Waals surface area contributed by atoms with Gasteiger partial charge in [0.25, 0.3) is 0 Å². The van der Waals surface area contributed by atoms with E-state index in [1.165, 1.54) is 4.70 Å². The normalized spacial score (nSPS) is 10.7. The largest absolute Gasteiger partial charge is 0.495 e. The van der Waals surface area contributed by atoms with Crippen LogP contribution >= 0.6 is 11.3 Å². The first-order chi connectivity index (χ1) is 8.86. The highest BCUT2D eigenvalue weighted by atomic mass is 32.1. The smallest absolute Gasteiger partial charge is 0.140 e. The Bertz CT molecular complexity index is 645. The summed E-state index contributed by atoms with van der Waals surface area (Å²) in [6.45, 7) is 0. The van der Waals surface area contributed by atoms with Crippen LogP contribution in [0, 0.1) is 0 Å². The van der Waals surface area contributed by atoms with Gasteiger partial charge in [-0.25, -0.2) is 4.98 Å². The molecule has 0 saturated carbocycles. The highest BCUT2D eigenvalue weighted by Gasteiger charge is 2.08. The van der Waals surface area contributed by atoms with Crippen LogP contribution in [-0.4, -0.2) is 17.1 Å². The number of thiazole rings is 1. The maximum Gasteiger partial charge on any atom is 0.140 e. The van der Waals surface area contributed by atoms with Crippen molar-refractivity contribution in [2.75, 3.05) is 7.11 Å². The molecule has 2 aromatic heterocycles. The van der Waals surface area contributed by atoms with E-state index in [1.54, 1.807) is 24.6 Å². The fraction of sp³-hybridized carbons (Fsp3) is 0.143. The fourth-order valence-electron chi connectivity index (χ4n) is 1.88. The highest BCUT2D eigenvalue weighted by molar-refractivity contribution is 7.18. The zero-order valence-electron chi connectivity index (χ0n) is 9.96. The Labute approximate surface area is 109 Å². The lowest BCUT2D eigenvalue weighted by Gasteiger charge is -2.04. The number of ether oxygens (including phenoxy) is 1. The topological polar surface area (TPSA) is 35.0 Å². The molecule has 18 heavy (non-hydrogen) atoms. The van der Waals surface area contributed by atoms with Crippen molar-refractivity contribution >= 4 is 21.6 Å². The lowest BCUT2D eigenvalue weighted by Crippen LogP contribution is -1.96. The molecule has 0 N–H and O–H groups in total. The van der Waals surface area contributed by atoms with Crippen LogP contribution in [0.15, 0.2) is 42.6 Å². The Morgan fingerprint density at radius 2 is 2.06 bits per heavy atom. The number of hydrogen-bond donors (Lipinski definition) is 0. The Morgan fingerprint density at radius 1 is 1.17 bits per heavy atom. The van der Waals surface area contributed by atoms with Crippen LogP contribution in [0.25, 0.3) is 10.2 Å². The van der Waals surface area contributed by atoms with E-state index in [0.717, 1.165) is 22.0 Å². The van der Waals surface area contributed by atoms with Crippen molar-refractivity contribution in [1.82, 2.24) is 9.97 Å². The van der Waals surface area contributed by atoms with E-state index in [4.69, 9.17) is 4.74 Å². The summed E-state index contributed by atoms with van der Waals surface area (Å²) in [5.74, 6) is 0.816. The minimum absolute atomic E-state index is 0.712. The third kappa shape index (κ3) is 2.07. The van der Waals surface area contributed by atoms with Gasteiger partial charge in [0.15, 0.2) is 0 Å². The van der Waals surface area contributed by atoms with Crippen LogP contribution < -0.4 is 4.74 Å². The van der Waals surface area contributed by atoms with Crippen molar-refractivity contribution < 1.29 is 4.74 Å². The standard InChI is InChI=1S/C14H12N2OS/c1-17-12-6-4-8-15-11(12)9-14-16-10-5-2-3-7-13(10)18-14/h2-8H,9H2,1H3. The molecule has 3 rings (SSSR count). The number of hydrogen-bond acceptors (Lipinski definition) is 4. The first kappa shape index (κ1) is 11.2. The number of fused-ring (bicyclic) bond motifs is 1. The number of benzene rings is 1. The molecule has 0 amide bonds. The summed E-state index contributed by atoms with van der Waals surface area (Å²) in [6.07, 6.45) is 2.49. The van der Waals surface area contributed by atoms with E-state index in [1.807, 2.05) is 30.3 Å². The zero-order chi connectivity index (χ0) is 12.4. The summed E-state index contributed by atoms with van der Waals surface area (Å²) in [5, 5.41) is 1.06. The monoisotopic (exact) mass is 256 g/mol. The molecule has 0 spiro atoms. The van der Waals surface area contributed by atoms with Crippen LogP contribution in [0.3, 0.4) is 0 Å². The van der Waals surface area contributed by atoms with Gasteiger partial charge in [-0.15, -0.1) is 11.3 Å². The summed E-state index contributed by atoms with van der Waals surface area (Å²) >= 11 is 1.70. The zero-order valence-corrected chi connectivity index (χ0v) is 10.8. The van der Waals surface area contributed by atoms with Gasteiger partial charge in [0.1, 0.15) is 5.75 Å². The van der Waals surface area contributed by atoms with Crippen LogP contribution in [-0.2, 0) is 6.42 Å². The van der Waals surface area contributed by atoms with Crippen LogP contribution in [0.1, 0.15) is 10.7 Å². The van der Waals surface area contributed by atoms with E-state index < -0.39 is 0 Å². The lowest BCUT2D eigenvalue weighted by atomic mass is 10.2. The number of rotatable bonds is 3. The van der Waals surface area contributed by atoms with Gasteiger partial charge in [0, 0.05) is 12.6 Å². The van der Waals surface area contributed by atoms with Gasteiger partial charge in [0.2, 0.25) is 0 Å². The predicted molar refractivity (Wildman–Crippen MR) is 73.2 cm³/mol. The van der Waals surface area contributed by atoms with Crippen LogP contribution in [0.5, 0.6) is 5.75 Å². The predicted octanol–water partition coefficient (Wildman–Crippen LogP) is 3.29. The second-order valence-electron chi connectivity index (χ2n) is 3.90. The molecule has 0 bridgehead atoms. The summed E-state index contributed by atoms with van der Waals surface area (Å²) < 4.78 is 6.52. The van der Waals surface area contributed by atoms with Crippen molar-refractivity contribution in [3.05, 3.63) is 53.3 Å². The van der Waals surface area contributed by atoms with Gasteiger partial charge in [-0.05, 0) is 24.3 Å². The summed E-state index contributed by atoms with van der Waals surface area (Å²) in [4.78, 5) is 8.96. The van der Waals surface area contributed by atoms with E-state index in [0.29, 0.717) is 6.42 Å². The van der Waals surface area contributed by atoms with Crippen molar-refractivity contribution in [2.45, 2.75) is 6.42 Å². The molecule has 0 aliphatic rings. The molecule has 3 nitrogen and oxygen atoms in total. The highest BCUT2D eigenvalue weighted by Crippen LogP contribution is 2.25. The van der Waals surface area contributed by atoms with E-state index in [-0.39, 0.29) is 0 Å². The van der Waals surface area contributed by atoms with Gasteiger partial charge >= 0.3 is 0 Å². The molecule has 4 heteroatoms. The molecule has 1 aromatic carbocycles. The second-order valence-corrected chi connectivity index (χ2v) is 5.02. The molecule has 0 fully saturated rings. The molecule has 0 radical (unpaired) electrons. The van der Waals surface area contributed by atoms with Crippen LogP contribution in [0.2, 0.25) is 0 Å². The van der Waals surface area contributed by atoms with E-state index >= 15 is 0 Å². The molecule has 0 aliphatic heterocycles. The van der Waals surface area contributed by atoms with E-state index in [2.05, 4.69) is 16.0 Å². The maximum absolute atomic E-state index is 5.31. The Balaban J connectivity index is 1.96. The van der Waals surface area contributed by atoms with Crippen molar-refractivity contribution in [1.29, 1.82) is 0 Å². The lowest BCUT2D eigenvalue weighted by molar-refractivity contribution is 0.408. The second kappa shape index (κ2) is 4.74. The number of aromatic nitrogens is 2. The molecule has 2 heterocycles. The van der Waals surface area contributed by atoms with Gasteiger partial charge in [-0.2, -0.15) is 0 Å². The number of methoxy groups -OCH3 is 1. The van der Waals surface area contributed by atoms with Gasteiger partial charge < -0.3 is 4.74 Å². The average Bonchev–Trinajstić information content (AvgIpc) is 2.81. The number of para-hydroxylation sites is 1. The van der Waals surface area contributed by atoms with E-state index in [9.17, 15) is 0 Å². The summed E-state index contributed by atoms with van der Waals surface area (Å²) in [5.41, 5.74) is 1.98. The quantitative estimate of drug-likeness (QED) is 0.721. The van der Waals surface area contributed by atoms with Gasteiger partial charge in [-0.1, -0.05) is 12.1 Å². The van der Waals surface area contributed by atoms with Crippen molar-refractivity contribution in [3.63, 3.8) is 0 Å². The maximum atomic E-state index is 5.31. The average molecular weight is 256 g/mol. The molecule has 0 saturated heterocycles. The van der Waals surface area contributed by atoms with Crippen LogP contribution in [0.4, 0.5) is 0 Å². The molecular formula is C14H12N2OS. The van der Waals surface area contributed by atoms with Crippen molar-refractivity contribution in [3.8, 4) is 5.75 Å². The molecule has 0 atom stereocenters. The molecule has 3 aromatic rings. The third-order valence-electron chi connectivity index (χ3n) is 2.73. The molecule has 90 valence electrons. The first-order valence-electron chi connectivity index (χ1n) is 5.69. The first-order valence-corrected chi connectivity index (χ1v) is 6.51. The summed E-state index contributed by atoms with van der Waals surface area (Å²) in [7, 11) is 1.67. The fourth-order valence-corrected chi connectivity index (χ4v) is 2.85. The molecular weight excluding hydrogens is 244 g/mol. The summed E-state index contributed by atoms with van der Waals surface area (Å²) in [6, 6.07) is 12.0.